The lowest BCUT2D eigenvalue weighted by atomic mass is 10.2. The van der Waals surface area contributed by atoms with Crippen molar-refractivity contribution in [3.05, 3.63) is 76.7 Å². The molecular weight excluding hydrogens is 364 g/mol. The molecule has 1 amide bonds. The Kier molecular flexibility index (Phi) is 7.10. The summed E-state index contributed by atoms with van der Waals surface area (Å²) in [6.07, 6.45) is 3.01. The summed E-state index contributed by atoms with van der Waals surface area (Å²) in [6, 6.07) is 17.8. The molecule has 0 saturated carbocycles. The summed E-state index contributed by atoms with van der Waals surface area (Å²) in [5, 5.41) is 4.75. The van der Waals surface area contributed by atoms with Gasteiger partial charge in [-0.2, -0.15) is 0 Å². The first kappa shape index (κ1) is 18.5. The average Bonchev–Trinajstić information content (AvgIpc) is 3.19. The zero-order chi connectivity index (χ0) is 18.0. The van der Waals surface area contributed by atoms with Gasteiger partial charge in [0.1, 0.15) is 0 Å². The molecule has 0 spiro atoms. The van der Waals surface area contributed by atoms with Gasteiger partial charge in [0, 0.05) is 16.0 Å². The van der Waals surface area contributed by atoms with Crippen molar-refractivity contribution in [2.75, 3.05) is 5.75 Å². The van der Waals surface area contributed by atoms with Gasteiger partial charge in [0.2, 0.25) is 0 Å². The third kappa shape index (κ3) is 5.89. The van der Waals surface area contributed by atoms with Gasteiger partial charge in [-0.15, -0.1) is 23.1 Å². The maximum Gasteiger partial charge on any atom is 0.412 e. The van der Waals surface area contributed by atoms with E-state index in [9.17, 15) is 4.79 Å². The molecule has 4 nitrogen and oxygen atoms in total. The average molecular weight is 385 g/mol. The molecule has 2 heterocycles. The molecule has 0 unspecified atom stereocenters. The topological polar surface area (TPSA) is 51.2 Å². The molecule has 0 radical (unpaired) electrons. The van der Waals surface area contributed by atoms with Crippen molar-refractivity contribution in [3.8, 4) is 5.75 Å². The van der Waals surface area contributed by atoms with E-state index in [1.165, 1.54) is 4.90 Å². The number of pyridine rings is 1. The standard InChI is InChI=1S/C20H20N2O2S2/c23-20(22-15-17-9-5-13-26-17)24-19-11-4-12-21-18(19)10-6-14-25-16-7-2-1-3-8-16/h1-5,7-9,11-13H,6,10,14-15H2,(H,22,23). The summed E-state index contributed by atoms with van der Waals surface area (Å²) < 4.78 is 5.44. The molecule has 0 aliphatic heterocycles. The fraction of sp³-hybridized carbons (Fsp3) is 0.200. The molecule has 0 saturated heterocycles. The second-order valence-electron chi connectivity index (χ2n) is 5.54. The molecule has 0 fully saturated rings. The summed E-state index contributed by atoms with van der Waals surface area (Å²) in [7, 11) is 0. The Hall–Kier alpha value is -2.31. The number of amides is 1. The van der Waals surface area contributed by atoms with Gasteiger partial charge in [-0.3, -0.25) is 4.98 Å². The second kappa shape index (κ2) is 9.99. The van der Waals surface area contributed by atoms with E-state index in [0.717, 1.165) is 29.2 Å². The van der Waals surface area contributed by atoms with E-state index in [0.29, 0.717) is 12.3 Å². The molecule has 26 heavy (non-hydrogen) atoms. The van der Waals surface area contributed by atoms with E-state index in [-0.39, 0.29) is 0 Å². The van der Waals surface area contributed by atoms with Crippen molar-refractivity contribution in [2.45, 2.75) is 24.3 Å². The highest BCUT2D eigenvalue weighted by Gasteiger charge is 2.10. The van der Waals surface area contributed by atoms with Crippen LogP contribution in [0.1, 0.15) is 17.0 Å². The summed E-state index contributed by atoms with van der Waals surface area (Å²) >= 11 is 3.42. The SMILES string of the molecule is O=C(NCc1cccs1)Oc1cccnc1CCCSc1ccccc1. The van der Waals surface area contributed by atoms with Gasteiger partial charge >= 0.3 is 6.09 Å². The Balaban J connectivity index is 1.47. The first-order chi connectivity index (χ1) is 12.8. The molecule has 0 bridgehead atoms. The number of nitrogens with one attached hydrogen (secondary N) is 1. The largest absolute Gasteiger partial charge is 0.412 e. The van der Waals surface area contributed by atoms with Crippen LogP contribution in [0.4, 0.5) is 4.79 Å². The highest BCUT2D eigenvalue weighted by Crippen LogP contribution is 2.21. The molecule has 2 aromatic heterocycles. The van der Waals surface area contributed by atoms with Gasteiger partial charge in [0.15, 0.2) is 5.75 Å². The number of rotatable bonds is 8. The van der Waals surface area contributed by atoms with Crippen LogP contribution in [0.3, 0.4) is 0 Å². The van der Waals surface area contributed by atoms with Gasteiger partial charge < -0.3 is 10.1 Å². The minimum atomic E-state index is -0.452. The number of nitrogens with zero attached hydrogens (tertiary/aromatic N) is 1. The number of carbonyl (C=O) groups excluding carboxylic acids is 1. The molecule has 3 rings (SSSR count). The number of aryl methyl sites for hydroxylation is 1. The molecule has 0 atom stereocenters. The number of carbonyl (C=O) groups is 1. The summed E-state index contributed by atoms with van der Waals surface area (Å²) in [6.45, 7) is 0.472. The maximum atomic E-state index is 12.0. The van der Waals surface area contributed by atoms with Crippen LogP contribution in [0.15, 0.2) is 71.1 Å². The lowest BCUT2D eigenvalue weighted by Gasteiger charge is -2.10. The Morgan fingerprint density at radius 2 is 2.00 bits per heavy atom. The van der Waals surface area contributed by atoms with Gasteiger partial charge in [0.25, 0.3) is 0 Å². The predicted molar refractivity (Wildman–Crippen MR) is 107 cm³/mol. The third-order valence-electron chi connectivity index (χ3n) is 3.61. The van der Waals surface area contributed by atoms with E-state index in [1.54, 1.807) is 29.7 Å². The fourth-order valence-corrected chi connectivity index (χ4v) is 3.88. The number of thiophene rings is 1. The summed E-state index contributed by atoms with van der Waals surface area (Å²) in [5.74, 6) is 1.52. The first-order valence-electron chi connectivity index (χ1n) is 8.41. The lowest BCUT2D eigenvalue weighted by molar-refractivity contribution is 0.199. The zero-order valence-corrected chi connectivity index (χ0v) is 15.9. The quantitative estimate of drug-likeness (QED) is 0.431. The zero-order valence-electron chi connectivity index (χ0n) is 14.3. The number of ether oxygens (including phenoxy) is 1. The third-order valence-corrected chi connectivity index (χ3v) is 5.58. The van der Waals surface area contributed by atoms with Crippen molar-refractivity contribution in [1.82, 2.24) is 10.3 Å². The van der Waals surface area contributed by atoms with Gasteiger partial charge in [0.05, 0.1) is 12.2 Å². The van der Waals surface area contributed by atoms with Gasteiger partial charge in [-0.25, -0.2) is 4.79 Å². The summed E-state index contributed by atoms with van der Waals surface area (Å²) in [5.41, 5.74) is 0.812. The number of hydrogen-bond acceptors (Lipinski definition) is 5. The van der Waals surface area contributed by atoms with E-state index in [4.69, 9.17) is 4.74 Å². The van der Waals surface area contributed by atoms with Gasteiger partial charge in [-0.1, -0.05) is 24.3 Å². The van der Waals surface area contributed by atoms with Crippen LogP contribution in [0.25, 0.3) is 0 Å². The molecule has 1 N–H and O–H groups in total. The monoisotopic (exact) mass is 384 g/mol. The first-order valence-corrected chi connectivity index (χ1v) is 10.3. The van der Waals surface area contributed by atoms with Crippen LogP contribution in [0, 0.1) is 0 Å². The maximum absolute atomic E-state index is 12.0. The Bertz CT molecular complexity index is 808. The number of aromatic nitrogens is 1. The van der Waals surface area contributed by atoms with Crippen LogP contribution in [-0.2, 0) is 13.0 Å². The molecule has 134 valence electrons. The number of thioether (sulfide) groups is 1. The highest BCUT2D eigenvalue weighted by molar-refractivity contribution is 7.99. The Morgan fingerprint density at radius 1 is 1.12 bits per heavy atom. The van der Waals surface area contributed by atoms with Crippen LogP contribution in [-0.4, -0.2) is 16.8 Å². The smallest absolute Gasteiger partial charge is 0.408 e. The summed E-state index contributed by atoms with van der Waals surface area (Å²) in [4.78, 5) is 18.7. The van der Waals surface area contributed by atoms with E-state index in [2.05, 4.69) is 22.4 Å². The molecule has 0 aliphatic carbocycles. The van der Waals surface area contributed by atoms with Crippen molar-refractivity contribution < 1.29 is 9.53 Å². The predicted octanol–water partition coefficient (Wildman–Crippen LogP) is 5.16. The van der Waals surface area contributed by atoms with E-state index in [1.807, 2.05) is 47.5 Å². The molecule has 3 aromatic rings. The molecular formula is C20H20N2O2S2. The van der Waals surface area contributed by atoms with Crippen LogP contribution in [0.5, 0.6) is 5.75 Å². The van der Waals surface area contributed by atoms with E-state index >= 15 is 0 Å². The number of benzene rings is 1. The normalized spacial score (nSPS) is 10.5. The number of hydrogen-bond donors (Lipinski definition) is 1. The minimum absolute atomic E-state index is 0.452. The van der Waals surface area contributed by atoms with E-state index < -0.39 is 6.09 Å². The van der Waals surface area contributed by atoms with Crippen molar-refractivity contribution in [3.63, 3.8) is 0 Å². The van der Waals surface area contributed by atoms with Crippen LogP contribution >= 0.6 is 23.1 Å². The fourth-order valence-electron chi connectivity index (χ4n) is 2.36. The highest BCUT2D eigenvalue weighted by atomic mass is 32.2. The van der Waals surface area contributed by atoms with Crippen LogP contribution in [0.2, 0.25) is 0 Å². The Labute approximate surface area is 161 Å². The van der Waals surface area contributed by atoms with Gasteiger partial charge in [-0.05, 0) is 54.3 Å². The molecule has 0 aliphatic rings. The van der Waals surface area contributed by atoms with Crippen molar-refractivity contribution >= 4 is 29.2 Å². The second-order valence-corrected chi connectivity index (χ2v) is 7.74. The molecule has 1 aromatic carbocycles. The van der Waals surface area contributed by atoms with Crippen LogP contribution < -0.4 is 10.1 Å². The lowest BCUT2D eigenvalue weighted by Crippen LogP contribution is -2.26. The molecule has 6 heteroatoms. The Morgan fingerprint density at radius 3 is 2.81 bits per heavy atom. The minimum Gasteiger partial charge on any atom is -0.408 e. The van der Waals surface area contributed by atoms with Crippen molar-refractivity contribution in [1.29, 1.82) is 0 Å². The van der Waals surface area contributed by atoms with Crippen molar-refractivity contribution in [2.24, 2.45) is 0 Å².